The molecule has 0 spiro atoms. The van der Waals surface area contributed by atoms with Crippen molar-refractivity contribution in [3.05, 3.63) is 74.3 Å². The van der Waals surface area contributed by atoms with Crippen molar-refractivity contribution in [2.45, 2.75) is 37.2 Å². The van der Waals surface area contributed by atoms with Gasteiger partial charge in [-0.25, -0.2) is 8.42 Å². The van der Waals surface area contributed by atoms with Crippen LogP contribution in [0.15, 0.2) is 56.9 Å². The first-order chi connectivity index (χ1) is 15.6. The Morgan fingerprint density at radius 1 is 1.00 bits per heavy atom. The van der Waals surface area contributed by atoms with E-state index in [0.29, 0.717) is 30.4 Å². The van der Waals surface area contributed by atoms with E-state index in [2.05, 4.69) is 5.32 Å². The van der Waals surface area contributed by atoms with E-state index in [1.54, 1.807) is 0 Å². The van der Waals surface area contributed by atoms with Crippen LogP contribution in [0.2, 0.25) is 0 Å². The number of sulfonamides is 1. The van der Waals surface area contributed by atoms with E-state index in [0.717, 1.165) is 15.7 Å². The highest BCUT2D eigenvalue weighted by atomic mass is 32.2. The summed E-state index contributed by atoms with van der Waals surface area (Å²) in [6.45, 7) is 2.53. The number of hydrogen-bond acceptors (Lipinski definition) is 5. The van der Waals surface area contributed by atoms with E-state index in [-0.39, 0.29) is 17.3 Å². The van der Waals surface area contributed by atoms with Crippen LogP contribution in [0.25, 0.3) is 11.0 Å². The Labute approximate surface area is 191 Å². The summed E-state index contributed by atoms with van der Waals surface area (Å²) in [5.74, 6) is -0.341. The lowest BCUT2D eigenvalue weighted by molar-refractivity contribution is -0.124. The molecule has 0 radical (unpaired) electrons. The third-order valence-corrected chi connectivity index (χ3v) is 8.07. The van der Waals surface area contributed by atoms with Gasteiger partial charge in [-0.2, -0.15) is 4.31 Å². The number of nitrogens with zero attached hydrogens (tertiary/aromatic N) is 3. The summed E-state index contributed by atoms with van der Waals surface area (Å²) in [5.41, 5.74) is 1.38. The molecule has 1 aromatic heterocycles. The molecule has 2 aromatic carbocycles. The zero-order chi connectivity index (χ0) is 23.9. The summed E-state index contributed by atoms with van der Waals surface area (Å²) in [5, 5.41) is 2.85. The largest absolute Gasteiger partial charge is 0.351 e. The minimum absolute atomic E-state index is 0.0260. The van der Waals surface area contributed by atoms with Crippen molar-refractivity contribution in [1.29, 1.82) is 0 Å². The van der Waals surface area contributed by atoms with Crippen LogP contribution in [-0.4, -0.2) is 40.4 Å². The SMILES string of the molecule is Cc1ccc(CNC(=O)[C@H]2CCCN2S(=O)(=O)c2ccc3c(c2)n(C)c(=O)c(=O)n3C)cc1. The van der Waals surface area contributed by atoms with Gasteiger partial charge in [0.15, 0.2) is 0 Å². The predicted molar refractivity (Wildman–Crippen MR) is 124 cm³/mol. The molecule has 0 unspecified atom stereocenters. The molecule has 1 atom stereocenters. The molecular weight excluding hydrogens is 444 g/mol. The molecule has 33 heavy (non-hydrogen) atoms. The minimum atomic E-state index is -4.00. The van der Waals surface area contributed by atoms with E-state index in [9.17, 15) is 22.8 Å². The Kier molecular flexibility index (Phi) is 5.98. The van der Waals surface area contributed by atoms with Crippen LogP contribution in [0.3, 0.4) is 0 Å². The third-order valence-electron chi connectivity index (χ3n) is 6.16. The van der Waals surface area contributed by atoms with Gasteiger partial charge in [-0.3, -0.25) is 14.4 Å². The topological polar surface area (TPSA) is 110 Å². The second kappa shape index (κ2) is 8.60. The van der Waals surface area contributed by atoms with E-state index < -0.39 is 27.2 Å². The Morgan fingerprint density at radius 3 is 2.30 bits per heavy atom. The summed E-state index contributed by atoms with van der Waals surface area (Å²) in [7, 11) is -1.10. The maximum absolute atomic E-state index is 13.4. The number of carbonyl (C=O) groups excluding carboxylic acids is 1. The summed E-state index contributed by atoms with van der Waals surface area (Å²) in [4.78, 5) is 37.1. The lowest BCUT2D eigenvalue weighted by Crippen LogP contribution is -2.45. The molecule has 1 saturated heterocycles. The molecule has 2 heterocycles. The summed E-state index contributed by atoms with van der Waals surface area (Å²) in [6, 6.07) is 11.2. The fourth-order valence-electron chi connectivity index (χ4n) is 4.16. The van der Waals surface area contributed by atoms with Gasteiger partial charge in [0, 0.05) is 27.2 Å². The van der Waals surface area contributed by atoms with Gasteiger partial charge < -0.3 is 14.5 Å². The maximum atomic E-state index is 13.4. The van der Waals surface area contributed by atoms with E-state index in [1.165, 1.54) is 41.2 Å². The molecule has 1 N–H and O–H groups in total. The van der Waals surface area contributed by atoms with Crippen LogP contribution < -0.4 is 16.4 Å². The first kappa shape index (κ1) is 22.9. The minimum Gasteiger partial charge on any atom is -0.351 e. The lowest BCUT2D eigenvalue weighted by atomic mass is 10.1. The van der Waals surface area contributed by atoms with E-state index in [1.807, 2.05) is 31.2 Å². The van der Waals surface area contributed by atoms with Crippen molar-refractivity contribution in [3.63, 3.8) is 0 Å². The number of nitrogens with one attached hydrogen (secondary N) is 1. The summed E-state index contributed by atoms with van der Waals surface area (Å²) in [6.07, 6.45) is 1.00. The van der Waals surface area contributed by atoms with Crippen molar-refractivity contribution in [2.75, 3.05) is 6.54 Å². The lowest BCUT2D eigenvalue weighted by Gasteiger charge is -2.24. The molecule has 1 amide bonds. The highest BCUT2D eigenvalue weighted by Gasteiger charge is 2.39. The summed E-state index contributed by atoms with van der Waals surface area (Å²) < 4.78 is 30.5. The van der Waals surface area contributed by atoms with Crippen molar-refractivity contribution in [1.82, 2.24) is 18.8 Å². The zero-order valence-electron chi connectivity index (χ0n) is 18.7. The average Bonchev–Trinajstić information content (AvgIpc) is 3.31. The number of aryl methyl sites for hydroxylation is 3. The number of fused-ring (bicyclic) bond motifs is 1. The van der Waals surface area contributed by atoms with Crippen LogP contribution in [0.5, 0.6) is 0 Å². The number of amides is 1. The monoisotopic (exact) mass is 470 g/mol. The van der Waals surface area contributed by atoms with Gasteiger partial charge in [0.05, 0.1) is 15.9 Å². The number of benzene rings is 2. The molecule has 4 rings (SSSR count). The smallest absolute Gasteiger partial charge is 0.316 e. The van der Waals surface area contributed by atoms with Gasteiger partial charge in [-0.15, -0.1) is 0 Å². The summed E-state index contributed by atoms with van der Waals surface area (Å²) >= 11 is 0. The van der Waals surface area contributed by atoms with Gasteiger partial charge in [0.1, 0.15) is 6.04 Å². The Hall–Kier alpha value is -3.24. The van der Waals surface area contributed by atoms with Crippen molar-refractivity contribution >= 4 is 27.0 Å². The highest BCUT2D eigenvalue weighted by Crippen LogP contribution is 2.28. The molecule has 1 fully saturated rings. The van der Waals surface area contributed by atoms with Gasteiger partial charge >= 0.3 is 11.1 Å². The molecule has 0 bridgehead atoms. The van der Waals surface area contributed by atoms with Gasteiger partial charge in [0.25, 0.3) is 0 Å². The molecule has 9 nitrogen and oxygen atoms in total. The fourth-order valence-corrected chi connectivity index (χ4v) is 5.84. The molecule has 0 saturated carbocycles. The van der Waals surface area contributed by atoms with Crippen LogP contribution in [0.1, 0.15) is 24.0 Å². The first-order valence-electron chi connectivity index (χ1n) is 10.7. The van der Waals surface area contributed by atoms with Gasteiger partial charge in [-0.1, -0.05) is 29.8 Å². The standard InChI is InChI=1S/C23H26N4O5S/c1-15-6-8-16(9-7-15)14-24-21(28)19-5-4-12-27(19)33(31,32)17-10-11-18-20(13-17)26(3)23(30)22(29)25(18)2/h6-11,13,19H,4-5,12,14H2,1-3H3,(H,24,28)/t19-/m1/s1. The number of carbonyl (C=O) groups is 1. The maximum Gasteiger partial charge on any atom is 0.316 e. The van der Waals surface area contributed by atoms with Crippen LogP contribution in [0.4, 0.5) is 0 Å². The Morgan fingerprint density at radius 2 is 1.64 bits per heavy atom. The predicted octanol–water partition coefficient (Wildman–Crippen LogP) is 1.02. The first-order valence-corrected chi connectivity index (χ1v) is 12.1. The second-order valence-electron chi connectivity index (χ2n) is 8.36. The van der Waals surface area contributed by atoms with Gasteiger partial charge in [0.2, 0.25) is 15.9 Å². The third kappa shape index (κ3) is 4.11. The number of rotatable bonds is 5. The van der Waals surface area contributed by atoms with Crippen molar-refractivity contribution in [2.24, 2.45) is 14.1 Å². The van der Waals surface area contributed by atoms with Crippen molar-refractivity contribution < 1.29 is 13.2 Å². The molecule has 1 aliphatic heterocycles. The fraction of sp³-hybridized carbons (Fsp3) is 0.348. The Bertz CT molecular complexity index is 1460. The van der Waals surface area contributed by atoms with Gasteiger partial charge in [-0.05, 0) is 43.5 Å². The molecule has 0 aliphatic carbocycles. The molecule has 174 valence electrons. The normalized spacial score (nSPS) is 16.9. The Balaban J connectivity index is 1.62. The molecular formula is C23H26N4O5S. The van der Waals surface area contributed by atoms with E-state index in [4.69, 9.17) is 0 Å². The van der Waals surface area contributed by atoms with E-state index >= 15 is 0 Å². The van der Waals surface area contributed by atoms with Crippen LogP contribution in [-0.2, 0) is 35.5 Å². The highest BCUT2D eigenvalue weighted by molar-refractivity contribution is 7.89. The quantitative estimate of drug-likeness (QED) is 0.560. The van der Waals surface area contributed by atoms with Crippen LogP contribution >= 0.6 is 0 Å². The van der Waals surface area contributed by atoms with Crippen LogP contribution in [0, 0.1) is 6.92 Å². The molecule has 3 aromatic rings. The van der Waals surface area contributed by atoms with Crippen molar-refractivity contribution in [3.8, 4) is 0 Å². The second-order valence-corrected chi connectivity index (χ2v) is 10.2. The molecule has 1 aliphatic rings. The number of aromatic nitrogens is 2. The zero-order valence-corrected chi connectivity index (χ0v) is 19.6. The average molecular weight is 471 g/mol. The molecule has 10 heteroatoms. The number of hydrogen-bond donors (Lipinski definition) is 1.